The van der Waals surface area contributed by atoms with Gasteiger partial charge < -0.3 is 15.4 Å². The van der Waals surface area contributed by atoms with Gasteiger partial charge in [0.05, 0.1) is 6.54 Å². The molecule has 0 heterocycles. The summed E-state index contributed by atoms with van der Waals surface area (Å²) in [6, 6.07) is 20.4. The molecule has 0 unspecified atom stereocenters. The average Bonchev–Trinajstić information content (AvgIpc) is 2.62. The first kappa shape index (κ1) is 20.3. The zero-order valence-corrected chi connectivity index (χ0v) is 16.4. The van der Waals surface area contributed by atoms with Gasteiger partial charge in [-0.1, -0.05) is 48.5 Å². The number of rotatable bonds is 8. The Morgan fingerprint density at radius 2 is 1.54 bits per heavy atom. The Bertz CT molecular complexity index is 526. The second kappa shape index (κ2) is 12.6. The van der Waals surface area contributed by atoms with Crippen molar-refractivity contribution in [3.8, 4) is 5.75 Å². The molecule has 0 aliphatic carbocycles. The normalized spacial score (nSPS) is 10.6. The Kier molecular flexibility index (Phi) is 10.7. The van der Waals surface area contributed by atoms with E-state index in [4.69, 9.17) is 4.74 Å². The fourth-order valence-electron chi connectivity index (χ4n) is 2.22. The Balaban J connectivity index is 0.00000288. The van der Waals surface area contributed by atoms with Crippen LogP contribution < -0.4 is 15.4 Å². The van der Waals surface area contributed by atoms with Crippen molar-refractivity contribution in [3.05, 3.63) is 66.2 Å². The Morgan fingerprint density at radius 1 is 0.917 bits per heavy atom. The summed E-state index contributed by atoms with van der Waals surface area (Å²) in [5, 5.41) is 6.57. The fraction of sp³-hybridized carbons (Fsp3) is 0.316. The minimum absolute atomic E-state index is 0. The van der Waals surface area contributed by atoms with Gasteiger partial charge in [0.15, 0.2) is 5.96 Å². The molecule has 2 aromatic carbocycles. The third-order valence-electron chi connectivity index (χ3n) is 3.41. The molecule has 0 spiro atoms. The predicted octanol–water partition coefficient (Wildman–Crippen LogP) is 3.48. The quantitative estimate of drug-likeness (QED) is 0.287. The van der Waals surface area contributed by atoms with E-state index in [1.807, 2.05) is 36.4 Å². The van der Waals surface area contributed by atoms with Crippen LogP contribution in [0.25, 0.3) is 0 Å². The lowest BCUT2D eigenvalue weighted by Gasteiger charge is -2.12. The van der Waals surface area contributed by atoms with Gasteiger partial charge in [-0.05, 0) is 30.5 Å². The number of guanidine groups is 1. The van der Waals surface area contributed by atoms with E-state index in [0.29, 0.717) is 13.2 Å². The molecule has 0 saturated heterocycles. The number of halogens is 1. The first-order valence-electron chi connectivity index (χ1n) is 8.05. The van der Waals surface area contributed by atoms with Crippen molar-refractivity contribution in [1.29, 1.82) is 0 Å². The lowest BCUT2D eigenvalue weighted by Crippen LogP contribution is -2.39. The average molecular weight is 439 g/mol. The van der Waals surface area contributed by atoms with E-state index in [1.54, 1.807) is 7.05 Å². The fourth-order valence-corrected chi connectivity index (χ4v) is 2.22. The lowest BCUT2D eigenvalue weighted by atomic mass is 10.1. The van der Waals surface area contributed by atoms with Crippen molar-refractivity contribution < 1.29 is 4.74 Å². The minimum Gasteiger partial charge on any atom is -0.492 e. The molecule has 0 fully saturated rings. The monoisotopic (exact) mass is 439 g/mol. The van der Waals surface area contributed by atoms with E-state index in [1.165, 1.54) is 5.56 Å². The van der Waals surface area contributed by atoms with Gasteiger partial charge in [0.25, 0.3) is 0 Å². The molecule has 4 nitrogen and oxygen atoms in total. The smallest absolute Gasteiger partial charge is 0.191 e. The Morgan fingerprint density at radius 3 is 2.21 bits per heavy atom. The maximum absolute atomic E-state index is 5.64. The molecule has 130 valence electrons. The summed E-state index contributed by atoms with van der Waals surface area (Å²) >= 11 is 0. The van der Waals surface area contributed by atoms with Gasteiger partial charge in [-0.2, -0.15) is 0 Å². The molecular weight excluding hydrogens is 413 g/mol. The zero-order valence-electron chi connectivity index (χ0n) is 14.1. The molecule has 0 aliphatic rings. The summed E-state index contributed by atoms with van der Waals surface area (Å²) in [5.74, 6) is 1.70. The van der Waals surface area contributed by atoms with Crippen LogP contribution in [0.5, 0.6) is 5.75 Å². The molecule has 2 rings (SSSR count). The standard InChI is InChI=1S/C19H25N3O.HI/c1-20-19(21-14-8-11-17-9-4-2-5-10-17)22-15-16-23-18-12-6-3-7-13-18;/h2-7,9-10,12-13H,8,11,14-16H2,1H3,(H2,20,21,22);1H. The number of hydrogen-bond donors (Lipinski definition) is 2. The molecular formula is C19H26IN3O. The highest BCUT2D eigenvalue weighted by Crippen LogP contribution is 2.07. The highest BCUT2D eigenvalue weighted by atomic mass is 127. The maximum Gasteiger partial charge on any atom is 0.191 e. The second-order valence-corrected chi connectivity index (χ2v) is 5.18. The van der Waals surface area contributed by atoms with Crippen molar-refractivity contribution >= 4 is 29.9 Å². The van der Waals surface area contributed by atoms with Crippen molar-refractivity contribution in [1.82, 2.24) is 10.6 Å². The van der Waals surface area contributed by atoms with Gasteiger partial charge in [-0.3, -0.25) is 4.99 Å². The van der Waals surface area contributed by atoms with Gasteiger partial charge in [-0.25, -0.2) is 0 Å². The molecule has 0 amide bonds. The number of aliphatic imine (C=N–C) groups is 1. The molecule has 5 heteroatoms. The van der Waals surface area contributed by atoms with Gasteiger partial charge >= 0.3 is 0 Å². The minimum atomic E-state index is 0. The summed E-state index contributed by atoms with van der Waals surface area (Å²) < 4.78 is 5.64. The maximum atomic E-state index is 5.64. The molecule has 2 N–H and O–H groups in total. The molecule has 0 saturated carbocycles. The van der Waals surface area contributed by atoms with Crippen LogP contribution in [0.3, 0.4) is 0 Å². The number of para-hydroxylation sites is 1. The highest BCUT2D eigenvalue weighted by molar-refractivity contribution is 14.0. The topological polar surface area (TPSA) is 45.7 Å². The third-order valence-corrected chi connectivity index (χ3v) is 3.41. The van der Waals surface area contributed by atoms with E-state index in [2.05, 4.69) is 39.9 Å². The van der Waals surface area contributed by atoms with E-state index in [9.17, 15) is 0 Å². The number of aryl methyl sites for hydroxylation is 1. The number of hydrogen-bond acceptors (Lipinski definition) is 2. The summed E-state index contributed by atoms with van der Waals surface area (Å²) in [6.07, 6.45) is 2.15. The van der Waals surface area contributed by atoms with E-state index < -0.39 is 0 Å². The van der Waals surface area contributed by atoms with Crippen molar-refractivity contribution in [2.24, 2.45) is 4.99 Å². The molecule has 0 aliphatic heterocycles. The van der Waals surface area contributed by atoms with Crippen LogP contribution >= 0.6 is 24.0 Å². The second-order valence-electron chi connectivity index (χ2n) is 5.18. The number of ether oxygens (including phenoxy) is 1. The first-order valence-corrected chi connectivity index (χ1v) is 8.05. The molecule has 0 radical (unpaired) electrons. The molecule has 2 aromatic rings. The SMILES string of the molecule is CN=C(NCCCc1ccccc1)NCCOc1ccccc1.I. The van der Waals surface area contributed by atoms with Crippen LogP contribution in [0.15, 0.2) is 65.7 Å². The van der Waals surface area contributed by atoms with Gasteiger partial charge in [-0.15, -0.1) is 24.0 Å². The van der Waals surface area contributed by atoms with E-state index in [-0.39, 0.29) is 24.0 Å². The van der Waals surface area contributed by atoms with Gasteiger partial charge in [0, 0.05) is 13.6 Å². The van der Waals surface area contributed by atoms with Crippen LogP contribution in [0, 0.1) is 0 Å². The number of benzene rings is 2. The van der Waals surface area contributed by atoms with Crippen molar-refractivity contribution in [3.63, 3.8) is 0 Å². The van der Waals surface area contributed by atoms with Gasteiger partial charge in [0.1, 0.15) is 12.4 Å². The van der Waals surface area contributed by atoms with Crippen LogP contribution in [0.1, 0.15) is 12.0 Å². The molecule has 0 aromatic heterocycles. The Labute approximate surface area is 161 Å². The van der Waals surface area contributed by atoms with Crippen LogP contribution in [0.2, 0.25) is 0 Å². The van der Waals surface area contributed by atoms with Crippen molar-refractivity contribution in [2.45, 2.75) is 12.8 Å². The third kappa shape index (κ3) is 8.19. The van der Waals surface area contributed by atoms with Gasteiger partial charge in [0.2, 0.25) is 0 Å². The highest BCUT2D eigenvalue weighted by Gasteiger charge is 1.98. The summed E-state index contributed by atoms with van der Waals surface area (Å²) in [4.78, 5) is 4.22. The first-order chi connectivity index (χ1) is 11.4. The molecule has 0 bridgehead atoms. The van der Waals surface area contributed by atoms with Crippen LogP contribution in [-0.4, -0.2) is 32.7 Å². The Hall–Kier alpha value is -1.76. The molecule has 24 heavy (non-hydrogen) atoms. The largest absolute Gasteiger partial charge is 0.492 e. The lowest BCUT2D eigenvalue weighted by molar-refractivity contribution is 0.322. The summed E-state index contributed by atoms with van der Waals surface area (Å²) in [7, 11) is 1.78. The molecule has 0 atom stereocenters. The summed E-state index contributed by atoms with van der Waals surface area (Å²) in [6.45, 7) is 2.22. The van der Waals surface area contributed by atoms with E-state index >= 15 is 0 Å². The van der Waals surface area contributed by atoms with E-state index in [0.717, 1.165) is 31.1 Å². The zero-order chi connectivity index (χ0) is 16.2. The summed E-state index contributed by atoms with van der Waals surface area (Å²) in [5.41, 5.74) is 1.37. The van der Waals surface area contributed by atoms with Crippen molar-refractivity contribution in [2.75, 3.05) is 26.7 Å². The van der Waals surface area contributed by atoms with Crippen LogP contribution in [0.4, 0.5) is 0 Å². The predicted molar refractivity (Wildman–Crippen MR) is 111 cm³/mol. The van der Waals surface area contributed by atoms with Crippen LogP contribution in [-0.2, 0) is 6.42 Å². The number of nitrogens with one attached hydrogen (secondary N) is 2. The number of nitrogens with zero attached hydrogens (tertiary/aromatic N) is 1.